The van der Waals surface area contributed by atoms with Gasteiger partial charge in [-0.2, -0.15) is 9.78 Å². The number of halogens is 1. The van der Waals surface area contributed by atoms with Crippen molar-refractivity contribution < 1.29 is 18.9 Å². The highest BCUT2D eigenvalue weighted by molar-refractivity contribution is 7.18. The summed E-state index contributed by atoms with van der Waals surface area (Å²) in [7, 11) is 0. The zero-order valence-corrected chi connectivity index (χ0v) is 17.8. The van der Waals surface area contributed by atoms with Gasteiger partial charge in [0.25, 0.3) is 5.91 Å². The third kappa shape index (κ3) is 3.52. The third-order valence-electron chi connectivity index (χ3n) is 4.48. The second-order valence-corrected chi connectivity index (χ2v) is 8.20. The summed E-state index contributed by atoms with van der Waals surface area (Å²) in [5, 5.41) is 19.5. The first-order chi connectivity index (χ1) is 15.5. The van der Waals surface area contributed by atoms with Gasteiger partial charge in [-0.1, -0.05) is 16.8 Å². The molecule has 1 aliphatic rings. The van der Waals surface area contributed by atoms with Crippen LogP contribution in [0.25, 0.3) is 17.1 Å². The summed E-state index contributed by atoms with van der Waals surface area (Å²) in [4.78, 5) is 13.8. The smallest absolute Gasteiger partial charge is 0.294 e. The van der Waals surface area contributed by atoms with Crippen LogP contribution in [-0.2, 0) is 0 Å². The molecule has 1 aliphatic heterocycles. The van der Waals surface area contributed by atoms with Crippen molar-refractivity contribution in [2.75, 3.05) is 12.5 Å². The molecular formula is C18H13ClN8O4S. The number of nitrogens with two attached hydrogens (primary N) is 1. The maximum Gasteiger partial charge on any atom is 0.294 e. The largest absolute Gasteiger partial charge is 0.454 e. The summed E-state index contributed by atoms with van der Waals surface area (Å²) in [5.41, 5.74) is 9.72. The van der Waals surface area contributed by atoms with Gasteiger partial charge in [0.05, 0.1) is 14.9 Å². The van der Waals surface area contributed by atoms with Crippen LogP contribution >= 0.6 is 22.9 Å². The van der Waals surface area contributed by atoms with E-state index in [9.17, 15) is 4.79 Å². The Morgan fingerprint density at radius 3 is 2.84 bits per heavy atom. The normalized spacial score (nSPS) is 12.9. The summed E-state index contributed by atoms with van der Waals surface area (Å²) in [6.45, 7) is 1.85. The molecule has 0 spiro atoms. The number of carbonyl (C=O) groups is 1. The molecule has 12 nitrogen and oxygen atoms in total. The summed E-state index contributed by atoms with van der Waals surface area (Å²) < 4.78 is 17.4. The minimum atomic E-state index is -0.596. The summed E-state index contributed by atoms with van der Waals surface area (Å²) in [5.74, 6) is 0.554. The van der Waals surface area contributed by atoms with Gasteiger partial charge in [0.15, 0.2) is 17.2 Å². The van der Waals surface area contributed by atoms with E-state index in [0.29, 0.717) is 27.1 Å². The standard InChI is InChI=1S/C18H13ClN8O4S/c1-8(12-4-5-13(19)32-12)21-23-18(28)14-15(9-2-3-10-11(6-9)30-7-29-10)27(26-22-14)17-16(20)24-31-25-17/h2-6H,7H2,1H3,(H2,20,24)(H,23,28). The second-order valence-electron chi connectivity index (χ2n) is 6.48. The van der Waals surface area contributed by atoms with Gasteiger partial charge in [-0.25, -0.2) is 10.1 Å². The van der Waals surface area contributed by atoms with E-state index in [1.165, 1.54) is 16.0 Å². The molecule has 1 aromatic carbocycles. The minimum Gasteiger partial charge on any atom is -0.454 e. The van der Waals surface area contributed by atoms with Crippen LogP contribution in [0.4, 0.5) is 5.82 Å². The zero-order valence-electron chi connectivity index (χ0n) is 16.3. The lowest BCUT2D eigenvalue weighted by atomic mass is 10.1. The predicted octanol–water partition coefficient (Wildman–Crippen LogP) is 2.50. The fraction of sp³-hybridized carbons (Fsp3) is 0.111. The summed E-state index contributed by atoms with van der Waals surface area (Å²) in [6.07, 6.45) is 0. The van der Waals surface area contributed by atoms with Crippen molar-refractivity contribution in [2.45, 2.75) is 6.92 Å². The quantitative estimate of drug-likeness (QED) is 0.329. The number of ether oxygens (including phenoxy) is 2. The molecule has 5 rings (SSSR count). The Balaban J connectivity index is 1.54. The molecule has 1 amide bonds. The topological polar surface area (TPSA) is 156 Å². The van der Waals surface area contributed by atoms with Gasteiger partial charge in [-0.15, -0.1) is 16.4 Å². The molecule has 0 bridgehead atoms. The Kier molecular flexibility index (Phi) is 4.95. The number of hydrogen-bond acceptors (Lipinski definition) is 11. The first kappa shape index (κ1) is 20.0. The number of hydrogen-bond donors (Lipinski definition) is 2. The van der Waals surface area contributed by atoms with Gasteiger partial charge in [0, 0.05) is 5.56 Å². The highest BCUT2D eigenvalue weighted by Gasteiger charge is 2.27. The number of hydrazone groups is 1. The van der Waals surface area contributed by atoms with Crippen LogP contribution in [-0.4, -0.2) is 43.7 Å². The average molecular weight is 473 g/mol. The van der Waals surface area contributed by atoms with Crippen molar-refractivity contribution in [3.05, 3.63) is 45.2 Å². The average Bonchev–Trinajstić information content (AvgIpc) is 3.57. The molecule has 14 heteroatoms. The molecule has 3 aromatic heterocycles. The number of aromatic nitrogens is 5. The Bertz CT molecular complexity index is 1360. The van der Waals surface area contributed by atoms with E-state index in [1.807, 2.05) is 6.07 Å². The molecule has 0 unspecified atom stereocenters. The maximum absolute atomic E-state index is 13.0. The van der Waals surface area contributed by atoms with Crippen molar-refractivity contribution in [2.24, 2.45) is 5.10 Å². The zero-order chi connectivity index (χ0) is 22.2. The number of nitrogen functional groups attached to an aromatic ring is 1. The Morgan fingerprint density at radius 1 is 1.25 bits per heavy atom. The van der Waals surface area contributed by atoms with Crippen LogP contribution < -0.4 is 20.6 Å². The van der Waals surface area contributed by atoms with Crippen LogP contribution in [0.15, 0.2) is 40.1 Å². The number of amides is 1. The lowest BCUT2D eigenvalue weighted by Gasteiger charge is -2.07. The van der Waals surface area contributed by atoms with E-state index in [1.54, 1.807) is 31.2 Å². The second kappa shape index (κ2) is 7.94. The highest BCUT2D eigenvalue weighted by Crippen LogP contribution is 2.37. The van der Waals surface area contributed by atoms with Crippen LogP contribution in [0.3, 0.4) is 0 Å². The van der Waals surface area contributed by atoms with Crippen LogP contribution in [0, 0.1) is 0 Å². The van der Waals surface area contributed by atoms with Crippen molar-refractivity contribution in [1.29, 1.82) is 0 Å². The van der Waals surface area contributed by atoms with Gasteiger partial charge >= 0.3 is 0 Å². The first-order valence-corrected chi connectivity index (χ1v) is 10.2. The lowest BCUT2D eigenvalue weighted by Crippen LogP contribution is -2.20. The molecule has 4 aromatic rings. The Morgan fingerprint density at radius 2 is 2.09 bits per heavy atom. The van der Waals surface area contributed by atoms with E-state index in [2.05, 4.69) is 35.8 Å². The number of carbonyl (C=O) groups excluding carboxylic acids is 1. The van der Waals surface area contributed by atoms with Gasteiger partial charge in [-0.05, 0) is 47.6 Å². The molecular weight excluding hydrogens is 460 g/mol. The van der Waals surface area contributed by atoms with Crippen LogP contribution in [0.5, 0.6) is 11.5 Å². The molecule has 0 saturated carbocycles. The molecule has 3 N–H and O–H groups in total. The number of nitrogens with one attached hydrogen (secondary N) is 1. The molecule has 0 aliphatic carbocycles. The van der Waals surface area contributed by atoms with Crippen molar-refractivity contribution in [3.8, 4) is 28.6 Å². The number of fused-ring (bicyclic) bond motifs is 1. The maximum atomic E-state index is 13.0. The van der Waals surface area contributed by atoms with E-state index in [-0.39, 0.29) is 29.8 Å². The minimum absolute atomic E-state index is 0.0210. The van der Waals surface area contributed by atoms with Gasteiger partial charge in [0.1, 0.15) is 5.69 Å². The van der Waals surface area contributed by atoms with Gasteiger partial charge in [0.2, 0.25) is 18.4 Å². The lowest BCUT2D eigenvalue weighted by molar-refractivity contribution is 0.0950. The molecule has 0 saturated heterocycles. The molecule has 0 radical (unpaired) electrons. The molecule has 32 heavy (non-hydrogen) atoms. The van der Waals surface area contributed by atoms with E-state index < -0.39 is 5.91 Å². The molecule has 162 valence electrons. The monoisotopic (exact) mass is 472 g/mol. The van der Waals surface area contributed by atoms with Crippen LogP contribution in [0.1, 0.15) is 22.3 Å². The van der Waals surface area contributed by atoms with E-state index >= 15 is 0 Å². The van der Waals surface area contributed by atoms with Gasteiger partial charge in [-0.3, -0.25) is 4.79 Å². The van der Waals surface area contributed by atoms with Crippen LogP contribution in [0.2, 0.25) is 4.34 Å². The van der Waals surface area contributed by atoms with Crippen molar-refractivity contribution in [1.82, 2.24) is 30.7 Å². The number of benzene rings is 1. The first-order valence-electron chi connectivity index (χ1n) is 9.05. The highest BCUT2D eigenvalue weighted by atomic mass is 35.5. The number of nitrogens with zero attached hydrogens (tertiary/aromatic N) is 6. The number of thiophene rings is 1. The number of rotatable bonds is 5. The summed E-state index contributed by atoms with van der Waals surface area (Å²) >= 11 is 7.31. The van der Waals surface area contributed by atoms with E-state index in [0.717, 1.165) is 4.88 Å². The fourth-order valence-electron chi connectivity index (χ4n) is 2.98. The fourth-order valence-corrected chi connectivity index (χ4v) is 3.96. The molecule has 4 heterocycles. The van der Waals surface area contributed by atoms with Crippen molar-refractivity contribution >= 4 is 40.4 Å². The third-order valence-corrected chi connectivity index (χ3v) is 5.82. The molecule has 0 fully saturated rings. The predicted molar refractivity (Wildman–Crippen MR) is 114 cm³/mol. The molecule has 0 atom stereocenters. The number of anilines is 1. The SMILES string of the molecule is CC(=NNC(=O)c1nnn(-c2nonc2N)c1-c1ccc2c(c1)OCO2)c1ccc(Cl)s1. The van der Waals surface area contributed by atoms with E-state index in [4.69, 9.17) is 26.8 Å². The van der Waals surface area contributed by atoms with Crippen molar-refractivity contribution in [3.63, 3.8) is 0 Å². The Labute approximate surface area is 188 Å². The summed E-state index contributed by atoms with van der Waals surface area (Å²) in [6, 6.07) is 8.70. The Hall–Kier alpha value is -3.97. The van der Waals surface area contributed by atoms with Gasteiger partial charge < -0.3 is 15.2 Å².